The Hall–Kier alpha value is -2.91. The number of hydrogen-bond donors (Lipinski definition) is 0. The minimum absolute atomic E-state index is 0.337. The molecule has 4 nitrogen and oxygen atoms in total. The van der Waals surface area contributed by atoms with Crippen LogP contribution < -0.4 is 9.47 Å². The Morgan fingerprint density at radius 2 is 1.60 bits per heavy atom. The normalized spacial score (nSPS) is 11.9. The highest BCUT2D eigenvalue weighted by Crippen LogP contribution is 2.40. The number of alkyl halides is 6. The maximum Gasteiger partial charge on any atom is 0.513 e. The first-order chi connectivity index (χ1) is 13.9. The van der Waals surface area contributed by atoms with E-state index in [0.29, 0.717) is 23.6 Å². The lowest BCUT2D eigenvalue weighted by molar-refractivity contribution is -0.140. The van der Waals surface area contributed by atoms with Crippen LogP contribution >= 0.6 is 0 Å². The molecule has 30 heavy (non-hydrogen) atoms. The van der Waals surface area contributed by atoms with E-state index >= 15 is 0 Å². The standard InChI is InChI=1S/C20H18F6O4/c1-4-12-9-15(20(24,25)26)17(8-11(12)2)29-10-13-14(19(21,22)23)6-5-7-16(13)30-18(27)28-3/h5-9H,4,10H2,1-3H3. The molecule has 0 N–H and O–H groups in total. The smallest absolute Gasteiger partial charge is 0.488 e. The summed E-state index contributed by atoms with van der Waals surface area (Å²) in [6, 6.07) is 4.79. The second-order valence-electron chi connectivity index (χ2n) is 6.25. The van der Waals surface area contributed by atoms with Crippen LogP contribution in [0.4, 0.5) is 31.1 Å². The second-order valence-corrected chi connectivity index (χ2v) is 6.25. The molecule has 0 aliphatic rings. The van der Waals surface area contributed by atoms with Gasteiger partial charge in [-0.05, 0) is 48.7 Å². The topological polar surface area (TPSA) is 44.8 Å². The quantitative estimate of drug-likeness (QED) is 0.313. The zero-order valence-electron chi connectivity index (χ0n) is 16.2. The van der Waals surface area contributed by atoms with Crippen molar-refractivity contribution in [3.63, 3.8) is 0 Å². The zero-order chi connectivity index (χ0) is 22.7. The summed E-state index contributed by atoms with van der Waals surface area (Å²) < 4.78 is 94.7. The van der Waals surface area contributed by atoms with Gasteiger partial charge >= 0.3 is 18.5 Å². The van der Waals surface area contributed by atoms with Gasteiger partial charge in [-0.3, -0.25) is 0 Å². The molecule has 0 spiro atoms. The number of ether oxygens (including phenoxy) is 3. The van der Waals surface area contributed by atoms with Gasteiger partial charge in [0, 0.05) is 5.56 Å². The van der Waals surface area contributed by atoms with Gasteiger partial charge in [0.2, 0.25) is 0 Å². The van der Waals surface area contributed by atoms with Crippen LogP contribution in [0.25, 0.3) is 0 Å². The van der Waals surface area contributed by atoms with Crippen molar-refractivity contribution in [1.29, 1.82) is 0 Å². The number of carbonyl (C=O) groups excluding carboxylic acids is 1. The van der Waals surface area contributed by atoms with Gasteiger partial charge in [0.1, 0.15) is 18.1 Å². The minimum Gasteiger partial charge on any atom is -0.488 e. The van der Waals surface area contributed by atoms with Gasteiger partial charge in [0.05, 0.1) is 18.2 Å². The van der Waals surface area contributed by atoms with Crippen molar-refractivity contribution < 1.29 is 45.3 Å². The van der Waals surface area contributed by atoms with Gasteiger partial charge in [0.25, 0.3) is 0 Å². The van der Waals surface area contributed by atoms with Gasteiger partial charge in [-0.1, -0.05) is 13.0 Å². The average molecular weight is 436 g/mol. The molecule has 0 amide bonds. The first-order valence-corrected chi connectivity index (χ1v) is 8.66. The third-order valence-corrected chi connectivity index (χ3v) is 4.29. The fraction of sp³-hybridized carbons (Fsp3) is 0.350. The summed E-state index contributed by atoms with van der Waals surface area (Å²) in [4.78, 5) is 11.4. The van der Waals surface area contributed by atoms with E-state index in [0.717, 1.165) is 31.4 Å². The first kappa shape index (κ1) is 23.4. The Bertz CT molecular complexity index is 919. The molecular weight excluding hydrogens is 418 g/mol. The van der Waals surface area contributed by atoms with Crippen LogP contribution in [0, 0.1) is 6.92 Å². The highest BCUT2D eigenvalue weighted by atomic mass is 19.4. The number of carbonyl (C=O) groups is 1. The average Bonchev–Trinajstić information content (AvgIpc) is 2.64. The third kappa shape index (κ3) is 5.37. The molecule has 0 aliphatic heterocycles. The maximum absolute atomic E-state index is 13.4. The summed E-state index contributed by atoms with van der Waals surface area (Å²) in [6.45, 7) is 2.33. The van der Waals surface area contributed by atoms with E-state index in [9.17, 15) is 31.1 Å². The summed E-state index contributed by atoms with van der Waals surface area (Å²) in [5, 5.41) is 0. The van der Waals surface area contributed by atoms with E-state index in [-0.39, 0.29) is 0 Å². The van der Waals surface area contributed by atoms with Crippen LogP contribution in [0.2, 0.25) is 0 Å². The Morgan fingerprint density at radius 1 is 0.967 bits per heavy atom. The number of benzene rings is 2. The van der Waals surface area contributed by atoms with Crippen LogP contribution in [0.5, 0.6) is 11.5 Å². The summed E-state index contributed by atoms with van der Waals surface area (Å²) in [6.07, 6.45) is -10.6. The van der Waals surface area contributed by atoms with Crippen molar-refractivity contribution in [3.05, 3.63) is 58.1 Å². The number of aryl methyl sites for hydroxylation is 2. The molecular formula is C20H18F6O4. The lowest BCUT2D eigenvalue weighted by atomic mass is 10.0. The highest BCUT2D eigenvalue weighted by molar-refractivity contribution is 5.64. The van der Waals surface area contributed by atoms with Crippen molar-refractivity contribution in [3.8, 4) is 11.5 Å². The van der Waals surface area contributed by atoms with Crippen molar-refractivity contribution in [2.24, 2.45) is 0 Å². The molecule has 0 heterocycles. The predicted molar refractivity (Wildman–Crippen MR) is 94.4 cm³/mol. The highest BCUT2D eigenvalue weighted by Gasteiger charge is 2.37. The second kappa shape index (κ2) is 8.85. The van der Waals surface area contributed by atoms with Gasteiger partial charge in [-0.15, -0.1) is 0 Å². The fourth-order valence-electron chi connectivity index (χ4n) is 2.81. The monoisotopic (exact) mass is 436 g/mol. The van der Waals surface area contributed by atoms with Crippen LogP contribution in [0.1, 0.15) is 34.7 Å². The van der Waals surface area contributed by atoms with Crippen LogP contribution in [0.3, 0.4) is 0 Å². The molecule has 10 heteroatoms. The van der Waals surface area contributed by atoms with Gasteiger partial charge < -0.3 is 14.2 Å². The van der Waals surface area contributed by atoms with Crippen molar-refractivity contribution in [1.82, 2.24) is 0 Å². The molecule has 0 fully saturated rings. The molecule has 0 saturated heterocycles. The Labute approximate surface area is 168 Å². The molecule has 2 aromatic rings. The lowest BCUT2D eigenvalue weighted by Gasteiger charge is -2.20. The van der Waals surface area contributed by atoms with Crippen molar-refractivity contribution in [2.75, 3.05) is 7.11 Å². The molecule has 2 rings (SSSR count). The van der Waals surface area contributed by atoms with Crippen LogP contribution in [0.15, 0.2) is 30.3 Å². The first-order valence-electron chi connectivity index (χ1n) is 8.66. The maximum atomic E-state index is 13.4. The van der Waals surface area contributed by atoms with Gasteiger partial charge in [-0.25, -0.2) is 4.79 Å². The van der Waals surface area contributed by atoms with Crippen LogP contribution in [-0.4, -0.2) is 13.3 Å². The van der Waals surface area contributed by atoms with E-state index in [4.69, 9.17) is 9.47 Å². The summed E-state index contributed by atoms with van der Waals surface area (Å²) >= 11 is 0. The number of rotatable bonds is 5. The van der Waals surface area contributed by atoms with Crippen LogP contribution in [-0.2, 0) is 30.1 Å². The van der Waals surface area contributed by atoms with Crippen molar-refractivity contribution in [2.45, 2.75) is 39.2 Å². The largest absolute Gasteiger partial charge is 0.513 e. The Kier molecular flexibility index (Phi) is 6.89. The van der Waals surface area contributed by atoms with E-state index in [2.05, 4.69) is 4.74 Å². The molecule has 0 aliphatic carbocycles. The Balaban J connectivity index is 2.51. The Morgan fingerprint density at radius 3 is 2.13 bits per heavy atom. The molecule has 164 valence electrons. The molecule has 0 radical (unpaired) electrons. The summed E-state index contributed by atoms with van der Waals surface area (Å²) in [5.74, 6) is -1.16. The summed E-state index contributed by atoms with van der Waals surface area (Å²) in [5.41, 5.74) is -2.03. The number of methoxy groups -OCH3 is 1. The molecule has 0 atom stereocenters. The fourth-order valence-corrected chi connectivity index (χ4v) is 2.81. The minimum atomic E-state index is -4.86. The molecule has 0 bridgehead atoms. The van der Waals surface area contributed by atoms with E-state index < -0.39 is 53.3 Å². The van der Waals surface area contributed by atoms with Crippen molar-refractivity contribution >= 4 is 6.16 Å². The van der Waals surface area contributed by atoms with Gasteiger partial charge in [-0.2, -0.15) is 26.3 Å². The third-order valence-electron chi connectivity index (χ3n) is 4.29. The van der Waals surface area contributed by atoms with Gasteiger partial charge in [0.15, 0.2) is 0 Å². The number of hydrogen-bond acceptors (Lipinski definition) is 4. The molecule has 0 unspecified atom stereocenters. The SMILES string of the molecule is CCc1cc(C(F)(F)F)c(OCc2c(OC(=O)OC)cccc2C(F)(F)F)cc1C. The van der Waals surface area contributed by atoms with E-state index in [1.165, 1.54) is 0 Å². The van der Waals surface area contributed by atoms with E-state index in [1.54, 1.807) is 13.8 Å². The molecule has 0 saturated carbocycles. The molecule has 2 aromatic carbocycles. The molecule has 0 aromatic heterocycles. The lowest BCUT2D eigenvalue weighted by Crippen LogP contribution is -2.16. The predicted octanol–water partition coefficient (Wildman–Crippen LogP) is 6.32. The van der Waals surface area contributed by atoms with E-state index in [1.807, 2.05) is 0 Å². The number of halogens is 6. The zero-order valence-corrected chi connectivity index (χ0v) is 16.2. The summed E-state index contributed by atoms with van der Waals surface area (Å²) in [7, 11) is 0.958.